The predicted octanol–water partition coefficient (Wildman–Crippen LogP) is 12.6. The highest BCUT2D eigenvalue weighted by Crippen LogP contribution is 2.37. The second-order valence-corrected chi connectivity index (χ2v) is 13.5. The van der Waals surface area contributed by atoms with Crippen LogP contribution in [-0.2, 0) is 0 Å². The summed E-state index contributed by atoms with van der Waals surface area (Å²) in [6.07, 6.45) is 14.9. The van der Waals surface area contributed by atoms with Crippen molar-refractivity contribution in [3.05, 3.63) is 206 Å². The third-order valence-corrected chi connectivity index (χ3v) is 10.2. The van der Waals surface area contributed by atoms with Crippen LogP contribution in [-0.4, -0.2) is 19.9 Å². The van der Waals surface area contributed by atoms with Gasteiger partial charge in [-0.05, 0) is 57.7 Å². The summed E-state index contributed by atoms with van der Waals surface area (Å²) in [5, 5.41) is 4.48. The molecule has 0 radical (unpaired) electrons. The quantitative estimate of drug-likeness (QED) is 0.117. The molecule has 4 heteroatoms. The second kappa shape index (κ2) is 14.2. The number of benzene rings is 5. The van der Waals surface area contributed by atoms with Crippen LogP contribution >= 0.6 is 0 Å². The first-order valence-corrected chi connectivity index (χ1v) is 18.2. The lowest BCUT2D eigenvalue weighted by Gasteiger charge is -2.17. The average molecular weight is 693 g/mol. The van der Waals surface area contributed by atoms with E-state index < -0.39 is 0 Å². The maximum atomic E-state index is 5.17. The summed E-state index contributed by atoms with van der Waals surface area (Å²) in [5.74, 6) is 0.966. The summed E-state index contributed by atoms with van der Waals surface area (Å²) in [7, 11) is 0. The van der Waals surface area contributed by atoms with Crippen molar-refractivity contribution in [3.63, 3.8) is 0 Å². The normalized spacial score (nSPS) is 14.3. The molecule has 54 heavy (non-hydrogen) atoms. The van der Waals surface area contributed by atoms with Gasteiger partial charge in [-0.3, -0.25) is 4.98 Å². The molecule has 256 valence electrons. The Bertz CT molecular complexity index is 2830. The lowest BCUT2D eigenvalue weighted by Crippen LogP contribution is -2.03. The molecule has 0 bridgehead atoms. The molecule has 0 saturated carbocycles. The van der Waals surface area contributed by atoms with Crippen molar-refractivity contribution in [3.8, 4) is 33.6 Å². The molecule has 1 aliphatic carbocycles. The summed E-state index contributed by atoms with van der Waals surface area (Å²) in [5.41, 5.74) is 12.1. The Balaban J connectivity index is 1.08. The monoisotopic (exact) mass is 692 g/mol. The van der Waals surface area contributed by atoms with Crippen molar-refractivity contribution < 1.29 is 0 Å². The highest BCUT2D eigenvalue weighted by molar-refractivity contribution is 6.07. The van der Waals surface area contributed by atoms with Crippen LogP contribution < -0.4 is 0 Å². The number of aromatic nitrogens is 4. The average Bonchev–Trinajstić information content (AvgIpc) is 3.25. The number of allylic oxidation sites excluding steroid dienone is 8. The van der Waals surface area contributed by atoms with Gasteiger partial charge in [-0.25, -0.2) is 15.0 Å². The molecule has 8 aromatic rings. The minimum absolute atomic E-state index is 0.347. The fraction of sp³-hybridized carbons (Fsp3) is 0.0400. The lowest BCUT2D eigenvalue weighted by atomic mass is 9.89. The van der Waals surface area contributed by atoms with E-state index >= 15 is 0 Å². The van der Waals surface area contributed by atoms with Gasteiger partial charge in [0.25, 0.3) is 0 Å². The summed E-state index contributed by atoms with van der Waals surface area (Å²) in [6.45, 7) is 7.93. The number of pyridine rings is 2. The van der Waals surface area contributed by atoms with Gasteiger partial charge in [-0.15, -0.1) is 0 Å². The van der Waals surface area contributed by atoms with Crippen LogP contribution in [0.15, 0.2) is 189 Å². The molecule has 0 saturated heterocycles. The Hall–Kier alpha value is -7.04. The van der Waals surface area contributed by atoms with E-state index in [1.54, 1.807) is 12.2 Å². The van der Waals surface area contributed by atoms with Crippen LogP contribution in [0.5, 0.6) is 0 Å². The summed E-state index contributed by atoms with van der Waals surface area (Å²) in [4.78, 5) is 19.9. The van der Waals surface area contributed by atoms with Crippen molar-refractivity contribution in [2.24, 2.45) is 0 Å². The molecule has 0 amide bonds. The van der Waals surface area contributed by atoms with Crippen LogP contribution in [0.4, 0.5) is 0 Å². The molecule has 0 spiro atoms. The van der Waals surface area contributed by atoms with E-state index in [9.17, 15) is 0 Å². The smallest absolute Gasteiger partial charge is 0.160 e. The molecule has 5 aromatic carbocycles. The van der Waals surface area contributed by atoms with Gasteiger partial charge < -0.3 is 0 Å². The number of fused-ring (bicyclic) bond motifs is 4. The topological polar surface area (TPSA) is 51.6 Å². The predicted molar refractivity (Wildman–Crippen MR) is 226 cm³/mol. The highest BCUT2D eigenvalue weighted by Gasteiger charge is 2.17. The fourth-order valence-electron chi connectivity index (χ4n) is 7.46. The van der Waals surface area contributed by atoms with E-state index in [-0.39, 0.29) is 0 Å². The van der Waals surface area contributed by atoms with Gasteiger partial charge >= 0.3 is 0 Å². The van der Waals surface area contributed by atoms with Crippen LogP contribution in [0.25, 0.3) is 77.4 Å². The van der Waals surface area contributed by atoms with Crippen LogP contribution in [0.2, 0.25) is 0 Å². The van der Waals surface area contributed by atoms with Gasteiger partial charge in [0.1, 0.15) is 0 Å². The van der Waals surface area contributed by atoms with E-state index in [2.05, 4.69) is 164 Å². The Labute approximate surface area is 315 Å². The summed E-state index contributed by atoms with van der Waals surface area (Å²) < 4.78 is 0. The molecule has 0 N–H and O–H groups in total. The lowest BCUT2D eigenvalue weighted by molar-refractivity contribution is 0.855. The first-order chi connectivity index (χ1) is 26.7. The van der Waals surface area contributed by atoms with Crippen molar-refractivity contribution >= 4 is 43.7 Å². The maximum Gasteiger partial charge on any atom is 0.160 e. The zero-order valence-corrected chi connectivity index (χ0v) is 29.7. The highest BCUT2D eigenvalue weighted by atomic mass is 14.9. The van der Waals surface area contributed by atoms with Gasteiger partial charge in [0.15, 0.2) is 5.82 Å². The minimum Gasteiger partial charge on any atom is -0.254 e. The van der Waals surface area contributed by atoms with E-state index in [1.165, 1.54) is 10.9 Å². The molecular formula is C50H36N4. The molecular weight excluding hydrogens is 657 g/mol. The van der Waals surface area contributed by atoms with E-state index in [4.69, 9.17) is 15.0 Å². The molecule has 1 unspecified atom stereocenters. The molecule has 1 atom stereocenters. The molecule has 9 rings (SSSR count). The largest absolute Gasteiger partial charge is 0.254 e. The summed E-state index contributed by atoms with van der Waals surface area (Å²) >= 11 is 0. The van der Waals surface area contributed by atoms with Crippen molar-refractivity contribution in [1.29, 1.82) is 0 Å². The van der Waals surface area contributed by atoms with Crippen molar-refractivity contribution in [1.82, 2.24) is 19.9 Å². The number of hydrogen-bond acceptors (Lipinski definition) is 4. The first-order valence-electron chi connectivity index (χ1n) is 18.2. The van der Waals surface area contributed by atoms with Crippen LogP contribution in [0.1, 0.15) is 29.4 Å². The SMILES string of the molecule is C=C/C=C(\C=C)c1nc(C2=CCC(c3ccccc3)C=C2)cc(-c2ccc(-c3ccc(-c4ccc5ccc6cccnc6c5n4)c4ccccc34)cc2)n1. The van der Waals surface area contributed by atoms with Gasteiger partial charge in [0.05, 0.1) is 28.1 Å². The van der Waals surface area contributed by atoms with Gasteiger partial charge in [0, 0.05) is 39.6 Å². The minimum atomic E-state index is 0.347. The van der Waals surface area contributed by atoms with Crippen molar-refractivity contribution in [2.45, 2.75) is 12.3 Å². The standard InChI is InChI=1S/C50H36N4/c1-3-11-33(4-2)50-53-46(37-21-17-35(18-22-37)34-12-6-5-7-13-34)32-47(54-50)38-23-19-36(20-24-38)41-28-29-44(43-16-9-8-15-42(41)43)45-30-27-40-26-25-39-14-10-31-51-48(39)49(40)52-45/h3-17,19-32,35H,1-2,18H2/b33-11+. The van der Waals surface area contributed by atoms with E-state index in [0.29, 0.717) is 11.7 Å². The second-order valence-electron chi connectivity index (χ2n) is 13.5. The first kappa shape index (κ1) is 32.8. The number of nitrogens with zero attached hydrogens (tertiary/aromatic N) is 4. The Morgan fingerprint density at radius 2 is 1.31 bits per heavy atom. The van der Waals surface area contributed by atoms with Gasteiger partial charge in [0.2, 0.25) is 0 Å². The van der Waals surface area contributed by atoms with Crippen LogP contribution in [0, 0.1) is 0 Å². The van der Waals surface area contributed by atoms with E-state index in [0.717, 1.165) is 84.1 Å². The zero-order valence-electron chi connectivity index (χ0n) is 29.7. The van der Waals surface area contributed by atoms with Gasteiger partial charge in [-0.2, -0.15) is 0 Å². The molecule has 4 nitrogen and oxygen atoms in total. The molecule has 1 aliphatic rings. The fourth-order valence-corrected chi connectivity index (χ4v) is 7.46. The Kier molecular flexibility index (Phi) is 8.62. The third kappa shape index (κ3) is 6.14. The zero-order chi connectivity index (χ0) is 36.4. The van der Waals surface area contributed by atoms with Crippen LogP contribution in [0.3, 0.4) is 0 Å². The Morgan fingerprint density at radius 1 is 0.611 bits per heavy atom. The third-order valence-electron chi connectivity index (χ3n) is 10.2. The number of rotatable bonds is 8. The van der Waals surface area contributed by atoms with Crippen molar-refractivity contribution in [2.75, 3.05) is 0 Å². The molecule has 3 aromatic heterocycles. The van der Waals surface area contributed by atoms with E-state index in [1.807, 2.05) is 18.3 Å². The number of hydrogen-bond donors (Lipinski definition) is 0. The molecule has 0 fully saturated rings. The maximum absolute atomic E-state index is 5.17. The molecule has 3 heterocycles. The molecule has 0 aliphatic heterocycles. The Morgan fingerprint density at radius 3 is 2.07 bits per heavy atom. The van der Waals surface area contributed by atoms with Gasteiger partial charge in [-0.1, -0.05) is 165 Å². The summed E-state index contributed by atoms with van der Waals surface area (Å²) in [6, 6.07) is 46.9.